The highest BCUT2D eigenvalue weighted by Gasteiger charge is 2.32. The molecule has 6 nitrogen and oxygen atoms in total. The number of piperidine rings is 1. The van der Waals surface area contributed by atoms with E-state index in [2.05, 4.69) is 10.0 Å². The average Bonchev–Trinajstić information content (AvgIpc) is 2.33. The lowest BCUT2D eigenvalue weighted by Gasteiger charge is -2.28. The van der Waals surface area contributed by atoms with E-state index in [9.17, 15) is 16.8 Å². The molecule has 1 atom stereocenters. The topological polar surface area (TPSA) is 92.3 Å². The molecule has 0 spiro atoms. The number of rotatable bonds is 3. The Hall–Kier alpha value is -0.180. The van der Waals surface area contributed by atoms with E-state index in [0.29, 0.717) is 25.8 Å². The lowest BCUT2D eigenvalue weighted by molar-refractivity contribution is 0.469. The summed E-state index contributed by atoms with van der Waals surface area (Å²) in [6, 6.07) is -0.222. The molecule has 1 unspecified atom stereocenters. The fourth-order valence-electron chi connectivity index (χ4n) is 2.42. The third kappa shape index (κ3) is 3.66. The lowest BCUT2D eigenvalue weighted by atomic mass is 10.2. The van der Waals surface area contributed by atoms with Crippen molar-refractivity contribution in [2.75, 3.05) is 24.6 Å². The van der Waals surface area contributed by atoms with Crippen molar-refractivity contribution in [1.82, 2.24) is 10.0 Å². The lowest BCUT2D eigenvalue weighted by Crippen LogP contribution is -2.49. The standard InChI is InChI=1S/C10H20N2O4S2/c13-17(14)6-3-9(4-7-17)12-18(15,16)10-2-1-5-11-8-10/h9-12H,1-8H2. The Morgan fingerprint density at radius 3 is 2.33 bits per heavy atom. The molecule has 2 saturated heterocycles. The van der Waals surface area contributed by atoms with Gasteiger partial charge in [-0.15, -0.1) is 0 Å². The molecule has 2 N–H and O–H groups in total. The highest BCUT2D eigenvalue weighted by atomic mass is 32.2. The number of hydrogen-bond donors (Lipinski definition) is 2. The molecule has 106 valence electrons. The summed E-state index contributed by atoms with van der Waals surface area (Å²) in [7, 11) is -6.27. The molecule has 2 rings (SSSR count). The van der Waals surface area contributed by atoms with Gasteiger partial charge in [-0.3, -0.25) is 0 Å². The first kappa shape index (κ1) is 14.2. The number of sulfonamides is 1. The van der Waals surface area contributed by atoms with Crippen molar-refractivity contribution in [2.45, 2.75) is 37.0 Å². The first-order valence-corrected chi connectivity index (χ1v) is 9.68. The van der Waals surface area contributed by atoms with Crippen molar-refractivity contribution in [3.8, 4) is 0 Å². The van der Waals surface area contributed by atoms with E-state index in [1.807, 2.05) is 0 Å². The molecular formula is C10H20N2O4S2. The van der Waals surface area contributed by atoms with Gasteiger partial charge >= 0.3 is 0 Å². The number of hydrogen-bond acceptors (Lipinski definition) is 5. The van der Waals surface area contributed by atoms with Gasteiger partial charge in [0.15, 0.2) is 0 Å². The van der Waals surface area contributed by atoms with Crippen molar-refractivity contribution >= 4 is 19.9 Å². The molecule has 0 aromatic carbocycles. The van der Waals surface area contributed by atoms with Gasteiger partial charge in [0.25, 0.3) is 0 Å². The first-order valence-electron chi connectivity index (χ1n) is 6.31. The minimum Gasteiger partial charge on any atom is -0.315 e. The van der Waals surface area contributed by atoms with E-state index >= 15 is 0 Å². The molecule has 2 aliphatic rings. The van der Waals surface area contributed by atoms with Gasteiger partial charge in [-0.05, 0) is 32.2 Å². The van der Waals surface area contributed by atoms with Gasteiger partial charge in [-0.25, -0.2) is 21.6 Å². The smallest absolute Gasteiger partial charge is 0.215 e. The number of nitrogens with one attached hydrogen (secondary N) is 2. The molecule has 0 radical (unpaired) electrons. The second-order valence-electron chi connectivity index (χ2n) is 5.06. The predicted molar refractivity (Wildman–Crippen MR) is 69.6 cm³/mol. The quantitative estimate of drug-likeness (QED) is 0.714. The molecule has 0 aliphatic carbocycles. The average molecular weight is 296 g/mol. The SMILES string of the molecule is O=S1(=O)CCC(NS(=O)(=O)C2CCCNC2)CC1. The molecule has 0 aromatic heterocycles. The highest BCUT2D eigenvalue weighted by molar-refractivity contribution is 7.91. The normalized spacial score (nSPS) is 30.1. The van der Waals surface area contributed by atoms with Gasteiger partial charge in [0.2, 0.25) is 10.0 Å². The Kier molecular flexibility index (Phi) is 4.30. The van der Waals surface area contributed by atoms with Crippen molar-refractivity contribution in [3.63, 3.8) is 0 Å². The van der Waals surface area contributed by atoms with Crippen LogP contribution >= 0.6 is 0 Å². The molecule has 0 amide bonds. The summed E-state index contributed by atoms with van der Waals surface area (Å²) in [5, 5.41) is 2.69. The van der Waals surface area contributed by atoms with Gasteiger partial charge in [0.1, 0.15) is 9.84 Å². The zero-order valence-corrected chi connectivity index (χ0v) is 11.9. The Balaban J connectivity index is 1.92. The van der Waals surface area contributed by atoms with Crippen LogP contribution in [0.1, 0.15) is 25.7 Å². The minimum absolute atomic E-state index is 0.0864. The van der Waals surface area contributed by atoms with E-state index in [1.54, 1.807) is 0 Å². The summed E-state index contributed by atoms with van der Waals surface area (Å²) in [4.78, 5) is 0. The molecule has 0 bridgehead atoms. The van der Waals surface area contributed by atoms with Crippen LogP contribution in [-0.2, 0) is 19.9 Å². The largest absolute Gasteiger partial charge is 0.315 e. The summed E-state index contributed by atoms with van der Waals surface area (Å²) in [6.07, 6.45) is 2.32. The molecule has 18 heavy (non-hydrogen) atoms. The van der Waals surface area contributed by atoms with Gasteiger partial charge in [0.05, 0.1) is 16.8 Å². The van der Waals surface area contributed by atoms with Crippen molar-refractivity contribution in [1.29, 1.82) is 0 Å². The van der Waals surface area contributed by atoms with Crippen LogP contribution in [0.2, 0.25) is 0 Å². The summed E-state index contributed by atoms with van der Waals surface area (Å²) in [5.41, 5.74) is 0. The van der Waals surface area contributed by atoms with E-state index in [4.69, 9.17) is 0 Å². The second-order valence-corrected chi connectivity index (χ2v) is 9.35. The zero-order chi connectivity index (χ0) is 13.2. The van der Waals surface area contributed by atoms with Crippen LogP contribution < -0.4 is 10.0 Å². The van der Waals surface area contributed by atoms with Crippen molar-refractivity contribution < 1.29 is 16.8 Å². The molecule has 0 saturated carbocycles. The number of sulfone groups is 1. The highest BCUT2D eigenvalue weighted by Crippen LogP contribution is 2.16. The summed E-state index contributed by atoms with van der Waals surface area (Å²) in [6.45, 7) is 1.36. The van der Waals surface area contributed by atoms with Crippen LogP contribution in [0.5, 0.6) is 0 Å². The Bertz CT molecular complexity index is 466. The summed E-state index contributed by atoms with van der Waals surface area (Å²) in [5.74, 6) is 0.173. The van der Waals surface area contributed by atoms with Crippen molar-refractivity contribution in [2.24, 2.45) is 0 Å². The summed E-state index contributed by atoms with van der Waals surface area (Å²) < 4.78 is 49.5. The zero-order valence-electron chi connectivity index (χ0n) is 10.3. The Morgan fingerprint density at radius 1 is 1.11 bits per heavy atom. The van der Waals surface area contributed by atoms with Gasteiger partial charge in [0, 0.05) is 12.6 Å². The molecule has 0 aromatic rings. The van der Waals surface area contributed by atoms with E-state index in [0.717, 1.165) is 13.0 Å². The van der Waals surface area contributed by atoms with E-state index in [1.165, 1.54) is 0 Å². The maximum Gasteiger partial charge on any atom is 0.215 e. The second kappa shape index (κ2) is 5.44. The molecule has 2 heterocycles. The third-order valence-electron chi connectivity index (χ3n) is 3.58. The molecule has 2 aliphatic heterocycles. The molecular weight excluding hydrogens is 276 g/mol. The maximum absolute atomic E-state index is 12.1. The summed E-state index contributed by atoms with van der Waals surface area (Å²) >= 11 is 0. The Labute approximate surface area is 108 Å². The van der Waals surface area contributed by atoms with Crippen molar-refractivity contribution in [3.05, 3.63) is 0 Å². The molecule has 2 fully saturated rings. The van der Waals surface area contributed by atoms with E-state index in [-0.39, 0.29) is 22.8 Å². The van der Waals surface area contributed by atoms with Crippen LogP contribution in [0.3, 0.4) is 0 Å². The molecule has 8 heteroatoms. The maximum atomic E-state index is 12.1. The fourth-order valence-corrected chi connectivity index (χ4v) is 5.62. The van der Waals surface area contributed by atoms with Crippen LogP contribution in [0.25, 0.3) is 0 Å². The van der Waals surface area contributed by atoms with Crippen LogP contribution in [0.4, 0.5) is 0 Å². The van der Waals surface area contributed by atoms with Gasteiger partial charge in [-0.1, -0.05) is 0 Å². The third-order valence-corrected chi connectivity index (χ3v) is 7.23. The van der Waals surface area contributed by atoms with Gasteiger partial charge < -0.3 is 5.32 Å². The minimum atomic E-state index is -3.33. The predicted octanol–water partition coefficient (Wildman–Crippen LogP) is -0.765. The monoisotopic (exact) mass is 296 g/mol. The fraction of sp³-hybridized carbons (Fsp3) is 1.00. The van der Waals surface area contributed by atoms with E-state index < -0.39 is 19.9 Å². The van der Waals surface area contributed by atoms with Crippen LogP contribution in [-0.4, -0.2) is 52.7 Å². The first-order chi connectivity index (χ1) is 8.39. The Morgan fingerprint density at radius 2 is 1.78 bits per heavy atom. The van der Waals surface area contributed by atoms with Crippen LogP contribution in [0.15, 0.2) is 0 Å². The van der Waals surface area contributed by atoms with Crippen LogP contribution in [0, 0.1) is 0 Å². The van der Waals surface area contributed by atoms with Gasteiger partial charge in [-0.2, -0.15) is 0 Å².